The number of β-amino-alcohol motifs (C(OH)–C–C–N with tert-alkyl or cyclic N) is 1. The van der Waals surface area contributed by atoms with Crippen LogP contribution in [0.25, 0.3) is 16.4 Å². The number of halogens is 1. The van der Waals surface area contributed by atoms with Crippen molar-refractivity contribution in [3.05, 3.63) is 59.3 Å². The Morgan fingerprint density at radius 3 is 2.90 bits per heavy atom. The molecule has 8 heteroatoms. The van der Waals surface area contributed by atoms with Gasteiger partial charge in [0.25, 0.3) is 5.91 Å². The van der Waals surface area contributed by atoms with Gasteiger partial charge < -0.3 is 19.7 Å². The maximum Gasteiger partial charge on any atom is 0.255 e. The molecule has 2 N–H and O–H groups in total. The zero-order valence-electron chi connectivity index (χ0n) is 16.6. The van der Waals surface area contributed by atoms with E-state index in [1.807, 2.05) is 13.8 Å². The fourth-order valence-corrected chi connectivity index (χ4v) is 4.10. The number of carbonyl (C=O) groups excluding carboxylic acids is 1. The predicted octanol–water partition coefficient (Wildman–Crippen LogP) is 3.57. The first-order chi connectivity index (χ1) is 14.4. The van der Waals surface area contributed by atoms with Crippen molar-refractivity contribution in [2.75, 3.05) is 13.1 Å². The molecule has 0 aliphatic carbocycles. The second kappa shape index (κ2) is 6.84. The maximum absolute atomic E-state index is 15.0. The molecule has 0 saturated carbocycles. The van der Waals surface area contributed by atoms with Gasteiger partial charge in [-0.15, -0.1) is 0 Å². The number of nitrogens with zero attached hydrogens (tertiary/aromatic N) is 3. The van der Waals surface area contributed by atoms with E-state index in [1.165, 1.54) is 0 Å². The van der Waals surface area contributed by atoms with E-state index in [-0.39, 0.29) is 11.7 Å². The van der Waals surface area contributed by atoms with E-state index in [0.29, 0.717) is 52.8 Å². The molecule has 0 spiro atoms. The molecule has 0 radical (unpaired) electrons. The molecule has 0 bridgehead atoms. The van der Waals surface area contributed by atoms with Crippen LogP contribution in [0.5, 0.6) is 11.5 Å². The van der Waals surface area contributed by atoms with Gasteiger partial charge in [-0.3, -0.25) is 4.79 Å². The molecule has 1 saturated heterocycles. The molecule has 1 aliphatic heterocycles. The Hall–Kier alpha value is -3.39. The summed E-state index contributed by atoms with van der Waals surface area (Å²) in [6.45, 7) is 4.53. The topological polar surface area (TPSA) is 82.9 Å². The van der Waals surface area contributed by atoms with E-state index in [1.54, 1.807) is 46.1 Å². The maximum atomic E-state index is 15.0. The molecule has 5 rings (SSSR count). The van der Waals surface area contributed by atoms with Crippen LogP contribution in [0.15, 0.2) is 36.7 Å². The smallest absolute Gasteiger partial charge is 0.255 e. The first kappa shape index (κ1) is 18.6. The van der Waals surface area contributed by atoms with Gasteiger partial charge >= 0.3 is 0 Å². The van der Waals surface area contributed by atoms with Gasteiger partial charge in [-0.25, -0.2) is 8.91 Å². The van der Waals surface area contributed by atoms with Crippen LogP contribution < -0.4 is 4.74 Å². The van der Waals surface area contributed by atoms with Crippen molar-refractivity contribution in [3.63, 3.8) is 0 Å². The second-order valence-electron chi connectivity index (χ2n) is 7.74. The molecule has 1 fully saturated rings. The Morgan fingerprint density at radius 2 is 2.13 bits per heavy atom. The first-order valence-corrected chi connectivity index (χ1v) is 9.82. The van der Waals surface area contributed by atoms with E-state index in [0.717, 1.165) is 5.69 Å². The van der Waals surface area contributed by atoms with Crippen LogP contribution in [0.2, 0.25) is 0 Å². The van der Waals surface area contributed by atoms with E-state index in [9.17, 15) is 14.3 Å². The highest BCUT2D eigenvalue weighted by molar-refractivity contribution is 5.98. The number of hydrogen-bond acceptors (Lipinski definition) is 4. The number of aliphatic hydroxyl groups is 1. The lowest BCUT2D eigenvalue weighted by Gasteiger charge is -2.15. The number of nitrogens with one attached hydrogen (secondary N) is 1. The number of H-pyrrole nitrogens is 1. The van der Waals surface area contributed by atoms with Crippen molar-refractivity contribution in [1.29, 1.82) is 0 Å². The van der Waals surface area contributed by atoms with Gasteiger partial charge in [-0.05, 0) is 44.0 Å². The van der Waals surface area contributed by atoms with Gasteiger partial charge in [0.15, 0.2) is 17.3 Å². The lowest BCUT2D eigenvalue weighted by Crippen LogP contribution is -2.29. The summed E-state index contributed by atoms with van der Waals surface area (Å²) in [5.41, 5.74) is 3.36. The third-order valence-corrected chi connectivity index (χ3v) is 5.63. The molecular weight excluding hydrogens is 387 g/mol. The predicted molar refractivity (Wildman–Crippen MR) is 110 cm³/mol. The number of ether oxygens (including phenoxy) is 1. The van der Waals surface area contributed by atoms with Gasteiger partial charge in [-0.1, -0.05) is 0 Å². The van der Waals surface area contributed by atoms with Crippen LogP contribution in [-0.4, -0.2) is 49.7 Å². The van der Waals surface area contributed by atoms with Crippen molar-refractivity contribution < 1.29 is 19.0 Å². The van der Waals surface area contributed by atoms with Crippen molar-refractivity contribution in [1.82, 2.24) is 19.5 Å². The number of hydrogen-bond donors (Lipinski definition) is 2. The van der Waals surface area contributed by atoms with Crippen molar-refractivity contribution in [2.45, 2.75) is 26.4 Å². The lowest BCUT2D eigenvalue weighted by molar-refractivity contribution is 0.0764. The van der Waals surface area contributed by atoms with Gasteiger partial charge in [0.05, 0.1) is 17.9 Å². The van der Waals surface area contributed by atoms with Crippen LogP contribution >= 0.6 is 0 Å². The van der Waals surface area contributed by atoms with Crippen LogP contribution in [0.1, 0.15) is 28.0 Å². The van der Waals surface area contributed by atoms with Crippen LogP contribution in [-0.2, 0) is 0 Å². The number of aromatic nitrogens is 3. The van der Waals surface area contributed by atoms with E-state index < -0.39 is 11.9 Å². The fourth-order valence-electron chi connectivity index (χ4n) is 4.10. The van der Waals surface area contributed by atoms with Crippen molar-refractivity contribution >= 4 is 22.3 Å². The molecular formula is C22H21FN4O3. The molecule has 0 unspecified atom stereocenters. The molecule has 3 aromatic heterocycles. The number of likely N-dealkylation sites (tertiary alicyclic amines) is 1. The highest BCUT2D eigenvalue weighted by atomic mass is 19.1. The van der Waals surface area contributed by atoms with Gasteiger partial charge in [-0.2, -0.15) is 5.10 Å². The minimum absolute atomic E-state index is 0.103. The molecule has 1 aromatic carbocycles. The third-order valence-electron chi connectivity index (χ3n) is 5.63. The normalized spacial score (nSPS) is 16.7. The monoisotopic (exact) mass is 408 g/mol. The van der Waals surface area contributed by atoms with Crippen molar-refractivity contribution in [2.24, 2.45) is 0 Å². The highest BCUT2D eigenvalue weighted by Crippen LogP contribution is 2.34. The quantitative estimate of drug-likeness (QED) is 0.543. The fraction of sp³-hybridized carbons (Fsp3) is 0.273. The summed E-state index contributed by atoms with van der Waals surface area (Å²) < 4.78 is 22.5. The number of fused-ring (bicyclic) bond motifs is 2. The van der Waals surface area contributed by atoms with E-state index in [4.69, 9.17) is 4.74 Å². The average Bonchev–Trinajstić information content (AvgIpc) is 3.41. The Balaban J connectivity index is 1.55. The van der Waals surface area contributed by atoms with Crippen molar-refractivity contribution in [3.8, 4) is 11.5 Å². The summed E-state index contributed by atoms with van der Waals surface area (Å²) in [6, 6.07) is 6.75. The summed E-state index contributed by atoms with van der Waals surface area (Å²) in [7, 11) is 0. The molecule has 1 amide bonds. The Labute approximate surface area is 171 Å². The summed E-state index contributed by atoms with van der Waals surface area (Å²) in [5.74, 6) is -0.0893. The molecule has 154 valence electrons. The van der Waals surface area contributed by atoms with Crippen LogP contribution in [0, 0.1) is 19.7 Å². The standard InChI is InChI=1S/C22H21FN4O3/c1-12-9-15-17(25-12)3-4-18(20(15)23)30-19-5-7-24-27-11-16(13(2)21(19)27)22(29)26-8-6-14(28)10-26/h3-5,7,9,11,14,25,28H,6,8,10H2,1-2H3/t14-/m1/s1. The third kappa shape index (κ3) is 2.91. The molecule has 4 heterocycles. The number of benzene rings is 1. The molecule has 1 atom stereocenters. The Bertz CT molecular complexity index is 1290. The van der Waals surface area contributed by atoms with Gasteiger partial charge in [0.1, 0.15) is 5.52 Å². The number of amides is 1. The average molecular weight is 408 g/mol. The van der Waals surface area contributed by atoms with E-state index in [2.05, 4.69) is 10.1 Å². The zero-order chi connectivity index (χ0) is 21.0. The molecule has 30 heavy (non-hydrogen) atoms. The van der Waals surface area contributed by atoms with Gasteiger partial charge in [0.2, 0.25) is 0 Å². The number of aryl methyl sites for hydroxylation is 2. The largest absolute Gasteiger partial charge is 0.452 e. The molecule has 1 aliphatic rings. The molecule has 7 nitrogen and oxygen atoms in total. The van der Waals surface area contributed by atoms with Gasteiger partial charge in [0, 0.05) is 41.9 Å². The second-order valence-corrected chi connectivity index (χ2v) is 7.74. The SMILES string of the molecule is Cc1cc2c(F)c(Oc3ccnn4cc(C(=O)N5CC[C@@H](O)C5)c(C)c34)ccc2[nH]1. The summed E-state index contributed by atoms with van der Waals surface area (Å²) in [6.07, 6.45) is 3.29. The summed E-state index contributed by atoms with van der Waals surface area (Å²) in [5, 5.41) is 14.5. The first-order valence-electron chi connectivity index (χ1n) is 9.82. The zero-order valence-corrected chi connectivity index (χ0v) is 16.6. The highest BCUT2D eigenvalue weighted by Gasteiger charge is 2.28. The minimum Gasteiger partial charge on any atom is -0.452 e. The summed E-state index contributed by atoms with van der Waals surface area (Å²) in [4.78, 5) is 17.7. The Morgan fingerprint density at radius 1 is 1.30 bits per heavy atom. The number of carbonyl (C=O) groups is 1. The summed E-state index contributed by atoms with van der Waals surface area (Å²) >= 11 is 0. The van der Waals surface area contributed by atoms with Crippen LogP contribution in [0.4, 0.5) is 4.39 Å². The Kier molecular flexibility index (Phi) is 4.25. The molecule has 4 aromatic rings. The minimum atomic E-state index is -0.488. The lowest BCUT2D eigenvalue weighted by atomic mass is 10.1. The number of aliphatic hydroxyl groups excluding tert-OH is 1. The van der Waals surface area contributed by atoms with Crippen LogP contribution in [0.3, 0.4) is 0 Å². The number of aromatic amines is 1. The van der Waals surface area contributed by atoms with E-state index >= 15 is 0 Å². The number of rotatable bonds is 3.